The van der Waals surface area contributed by atoms with Crippen molar-refractivity contribution in [3.63, 3.8) is 0 Å². The highest BCUT2D eigenvalue weighted by atomic mass is 14.9. The Balaban J connectivity index is 1.96. The molecule has 0 N–H and O–H groups in total. The molecule has 2 heteroatoms. The summed E-state index contributed by atoms with van der Waals surface area (Å²) in [6.07, 6.45) is 3.05. The van der Waals surface area contributed by atoms with Crippen molar-refractivity contribution in [1.29, 1.82) is 0 Å². The molecular weight excluding hydrogens is 232 g/mol. The van der Waals surface area contributed by atoms with Gasteiger partial charge in [-0.15, -0.1) is 0 Å². The Kier molecular flexibility index (Phi) is 2.81. The molecular formula is C17H14N2. The molecule has 3 rings (SSSR count). The van der Waals surface area contributed by atoms with Crippen LogP contribution >= 0.6 is 0 Å². The van der Waals surface area contributed by atoms with E-state index in [0.717, 1.165) is 6.42 Å². The van der Waals surface area contributed by atoms with E-state index < -0.39 is 0 Å². The fourth-order valence-electron chi connectivity index (χ4n) is 2.31. The molecule has 3 aromatic rings. The molecule has 0 saturated heterocycles. The van der Waals surface area contributed by atoms with E-state index in [-0.39, 0.29) is 0 Å². The summed E-state index contributed by atoms with van der Waals surface area (Å²) in [4.78, 5) is 3.42. The minimum Gasteiger partial charge on any atom is -0.320 e. The van der Waals surface area contributed by atoms with Crippen LogP contribution in [0.4, 0.5) is 5.69 Å². The third kappa shape index (κ3) is 2.23. The smallest absolute Gasteiger partial charge is 0.187 e. The quantitative estimate of drug-likeness (QED) is 0.593. The maximum atomic E-state index is 6.96. The lowest BCUT2D eigenvalue weighted by Gasteiger charge is -2.05. The van der Waals surface area contributed by atoms with E-state index in [0.29, 0.717) is 5.69 Å². The van der Waals surface area contributed by atoms with Gasteiger partial charge in [-0.3, -0.25) is 0 Å². The van der Waals surface area contributed by atoms with Gasteiger partial charge in [0.05, 0.1) is 6.57 Å². The molecule has 0 aliphatic carbocycles. The van der Waals surface area contributed by atoms with Crippen LogP contribution in [0.3, 0.4) is 0 Å². The molecule has 0 fully saturated rings. The standard InChI is InChI=1S/C17H14N2/c1-13-3-8-16-9-10-17(19(16)12-13)11-14-4-6-15(18-2)7-5-14/h3-10,12H,11H2,1H3. The van der Waals surface area contributed by atoms with Gasteiger partial charge in [-0.1, -0.05) is 30.3 Å². The maximum absolute atomic E-state index is 6.96. The van der Waals surface area contributed by atoms with E-state index in [4.69, 9.17) is 6.57 Å². The molecule has 92 valence electrons. The summed E-state index contributed by atoms with van der Waals surface area (Å²) in [7, 11) is 0. The molecule has 0 aliphatic heterocycles. The lowest BCUT2D eigenvalue weighted by molar-refractivity contribution is 1.02. The largest absolute Gasteiger partial charge is 0.320 e. The Hall–Kier alpha value is -2.53. The number of aromatic nitrogens is 1. The van der Waals surface area contributed by atoms with E-state index in [1.165, 1.54) is 22.3 Å². The van der Waals surface area contributed by atoms with Gasteiger partial charge in [0.25, 0.3) is 0 Å². The van der Waals surface area contributed by atoms with Gasteiger partial charge in [0.2, 0.25) is 0 Å². The van der Waals surface area contributed by atoms with E-state index in [1.54, 1.807) is 0 Å². The number of rotatable bonds is 2. The lowest BCUT2D eigenvalue weighted by atomic mass is 10.1. The molecule has 0 atom stereocenters. The summed E-state index contributed by atoms with van der Waals surface area (Å²) >= 11 is 0. The Morgan fingerprint density at radius 1 is 1.00 bits per heavy atom. The highest BCUT2D eigenvalue weighted by Crippen LogP contribution is 2.18. The highest BCUT2D eigenvalue weighted by molar-refractivity contribution is 5.51. The van der Waals surface area contributed by atoms with Crippen LogP contribution in [0, 0.1) is 13.5 Å². The zero-order chi connectivity index (χ0) is 13.2. The van der Waals surface area contributed by atoms with Crippen LogP contribution in [-0.2, 0) is 6.42 Å². The van der Waals surface area contributed by atoms with Gasteiger partial charge >= 0.3 is 0 Å². The first-order valence-corrected chi connectivity index (χ1v) is 6.29. The van der Waals surface area contributed by atoms with Crippen molar-refractivity contribution in [3.05, 3.63) is 83.0 Å². The summed E-state index contributed by atoms with van der Waals surface area (Å²) in [6.45, 7) is 9.07. The molecule has 0 amide bonds. The van der Waals surface area contributed by atoms with E-state index in [2.05, 4.69) is 46.6 Å². The second-order valence-electron chi connectivity index (χ2n) is 4.78. The van der Waals surface area contributed by atoms with Crippen LogP contribution in [0.1, 0.15) is 16.8 Å². The number of aryl methyl sites for hydroxylation is 1. The Morgan fingerprint density at radius 2 is 1.74 bits per heavy atom. The zero-order valence-corrected chi connectivity index (χ0v) is 10.8. The van der Waals surface area contributed by atoms with Crippen molar-refractivity contribution < 1.29 is 0 Å². The first kappa shape index (κ1) is 11.6. The molecule has 2 aromatic heterocycles. The number of pyridine rings is 1. The molecule has 0 aliphatic rings. The SMILES string of the molecule is [C-]#[N+]c1ccc(Cc2ccc3ccc(C)cn23)cc1. The van der Waals surface area contributed by atoms with Crippen molar-refractivity contribution in [2.45, 2.75) is 13.3 Å². The lowest BCUT2D eigenvalue weighted by Crippen LogP contribution is -1.94. The molecule has 2 nitrogen and oxygen atoms in total. The van der Waals surface area contributed by atoms with Crippen molar-refractivity contribution in [2.24, 2.45) is 0 Å². The van der Waals surface area contributed by atoms with Gasteiger partial charge in [0.15, 0.2) is 5.69 Å². The van der Waals surface area contributed by atoms with Crippen LogP contribution in [0.15, 0.2) is 54.7 Å². The molecule has 0 unspecified atom stereocenters. The topological polar surface area (TPSA) is 8.77 Å². The number of hydrogen-bond donors (Lipinski definition) is 0. The third-order valence-corrected chi connectivity index (χ3v) is 3.33. The van der Waals surface area contributed by atoms with Gasteiger partial charge in [-0.05, 0) is 36.2 Å². The van der Waals surface area contributed by atoms with E-state index in [1.807, 2.05) is 24.3 Å². The van der Waals surface area contributed by atoms with Crippen LogP contribution in [-0.4, -0.2) is 4.40 Å². The Bertz CT molecular complexity index is 758. The fourth-order valence-corrected chi connectivity index (χ4v) is 2.31. The Morgan fingerprint density at radius 3 is 2.47 bits per heavy atom. The highest BCUT2D eigenvalue weighted by Gasteiger charge is 2.03. The maximum Gasteiger partial charge on any atom is 0.187 e. The predicted octanol–water partition coefficient (Wildman–Crippen LogP) is 4.39. The molecule has 0 radical (unpaired) electrons. The summed E-state index contributed by atoms with van der Waals surface area (Å²) in [5, 5.41) is 0. The van der Waals surface area contributed by atoms with Crippen LogP contribution < -0.4 is 0 Å². The summed E-state index contributed by atoms with van der Waals surface area (Å²) in [5.74, 6) is 0. The summed E-state index contributed by atoms with van der Waals surface area (Å²) in [6, 6.07) is 16.4. The second kappa shape index (κ2) is 4.62. The van der Waals surface area contributed by atoms with Gasteiger partial charge in [-0.25, -0.2) is 4.85 Å². The van der Waals surface area contributed by atoms with Crippen molar-refractivity contribution in [1.82, 2.24) is 4.40 Å². The van der Waals surface area contributed by atoms with Gasteiger partial charge in [0.1, 0.15) is 0 Å². The first-order valence-electron chi connectivity index (χ1n) is 6.29. The molecule has 2 heterocycles. The van der Waals surface area contributed by atoms with Crippen LogP contribution in [0.25, 0.3) is 10.4 Å². The van der Waals surface area contributed by atoms with Crippen LogP contribution in [0.2, 0.25) is 0 Å². The molecule has 19 heavy (non-hydrogen) atoms. The van der Waals surface area contributed by atoms with Crippen molar-refractivity contribution >= 4 is 11.2 Å². The molecule has 0 saturated carbocycles. The number of nitrogens with zero attached hydrogens (tertiary/aromatic N) is 2. The average molecular weight is 246 g/mol. The fraction of sp³-hybridized carbons (Fsp3) is 0.118. The second-order valence-corrected chi connectivity index (χ2v) is 4.78. The minimum absolute atomic E-state index is 0.694. The van der Waals surface area contributed by atoms with E-state index in [9.17, 15) is 0 Å². The van der Waals surface area contributed by atoms with Gasteiger partial charge in [-0.2, -0.15) is 0 Å². The predicted molar refractivity (Wildman–Crippen MR) is 77.6 cm³/mol. The number of hydrogen-bond acceptors (Lipinski definition) is 0. The third-order valence-electron chi connectivity index (χ3n) is 3.33. The van der Waals surface area contributed by atoms with Crippen LogP contribution in [0.5, 0.6) is 0 Å². The Labute approximate surface area is 112 Å². The van der Waals surface area contributed by atoms with Gasteiger partial charge < -0.3 is 4.40 Å². The molecule has 0 spiro atoms. The van der Waals surface area contributed by atoms with E-state index >= 15 is 0 Å². The summed E-state index contributed by atoms with van der Waals surface area (Å²) < 4.78 is 2.23. The first-order chi connectivity index (χ1) is 9.26. The minimum atomic E-state index is 0.694. The molecule has 0 bridgehead atoms. The van der Waals surface area contributed by atoms with Crippen molar-refractivity contribution in [3.8, 4) is 0 Å². The average Bonchev–Trinajstić information content (AvgIpc) is 2.82. The zero-order valence-electron chi connectivity index (χ0n) is 10.8. The van der Waals surface area contributed by atoms with Crippen molar-refractivity contribution in [2.75, 3.05) is 0 Å². The monoisotopic (exact) mass is 246 g/mol. The normalized spacial score (nSPS) is 10.5. The summed E-state index contributed by atoms with van der Waals surface area (Å²) in [5.41, 5.74) is 5.68. The molecule has 1 aromatic carbocycles. The number of benzene rings is 1. The van der Waals surface area contributed by atoms with Gasteiger partial charge in [0, 0.05) is 23.8 Å². The number of fused-ring (bicyclic) bond motifs is 1.